The third-order valence-electron chi connectivity index (χ3n) is 2.56. The first kappa shape index (κ1) is 19.4. The zero-order valence-electron chi connectivity index (χ0n) is 12.0. The minimum Gasteiger partial charge on any atom is -0.507 e. The van der Waals surface area contributed by atoms with Gasteiger partial charge in [0.15, 0.2) is 6.61 Å². The molecular weight excluding hydrogens is 392 g/mol. The first-order valence-corrected chi connectivity index (χ1v) is 6.96. The Labute approximate surface area is 156 Å². The third-order valence-corrected chi connectivity index (χ3v) is 3.09. The molecule has 0 fully saturated rings. The quantitative estimate of drug-likeness (QED) is 0.341. The smallest absolute Gasteiger partial charge is 0.244 e. The number of aliphatic hydroxyl groups is 1. The number of hydrogen-bond acceptors (Lipinski definition) is 4. The zero-order valence-corrected chi connectivity index (χ0v) is 16.5. The zero-order chi connectivity index (χ0) is 15.9. The fraction of sp³-hybridized carbons (Fsp3) is 0.0667. The molecule has 0 radical (unpaired) electrons. The summed E-state index contributed by atoms with van der Waals surface area (Å²) in [5.41, 5.74) is 0.487. The van der Waals surface area contributed by atoms with Crippen LogP contribution in [0.15, 0.2) is 52.7 Å². The summed E-state index contributed by atoms with van der Waals surface area (Å²) in [5.74, 6) is 0.111. The van der Waals surface area contributed by atoms with Crippen LogP contribution in [0.3, 0.4) is 0 Å². The number of phenols is 1. The maximum Gasteiger partial charge on any atom is 0.244 e. The molecule has 2 rings (SSSR count). The van der Waals surface area contributed by atoms with Crippen LogP contribution in [0.25, 0.3) is 0 Å². The maximum atomic E-state index is 9.58. The van der Waals surface area contributed by atoms with Gasteiger partial charge in [-0.05, 0) is 30.3 Å². The average molecular weight is 405 g/mol. The fourth-order valence-electron chi connectivity index (χ4n) is 1.52. The maximum absolute atomic E-state index is 9.58. The van der Waals surface area contributed by atoms with E-state index in [0.717, 1.165) is 0 Å². The number of aromatic hydroxyl groups is 1. The monoisotopic (exact) mass is 402 g/mol. The van der Waals surface area contributed by atoms with Gasteiger partial charge in [-0.3, -0.25) is 0 Å². The predicted octanol–water partition coefficient (Wildman–Crippen LogP) is 4.07. The van der Waals surface area contributed by atoms with Gasteiger partial charge in [-0.15, -0.1) is 5.10 Å². The molecule has 0 saturated carbocycles. The van der Waals surface area contributed by atoms with Crippen LogP contribution in [0.2, 0.25) is 10.0 Å². The van der Waals surface area contributed by atoms with Crippen molar-refractivity contribution in [3.8, 4) is 11.5 Å². The molecule has 0 spiro atoms. The summed E-state index contributed by atoms with van der Waals surface area (Å²) in [5, 5.41) is 27.2. The van der Waals surface area contributed by atoms with Gasteiger partial charge in [0.05, 0.1) is 11.2 Å². The number of benzene rings is 2. The molecule has 116 valence electrons. The van der Waals surface area contributed by atoms with Crippen LogP contribution in [0.1, 0.15) is 5.56 Å². The van der Waals surface area contributed by atoms with Gasteiger partial charge in [0.2, 0.25) is 5.90 Å². The van der Waals surface area contributed by atoms with Crippen LogP contribution in [0, 0.1) is 0 Å². The van der Waals surface area contributed by atoms with Gasteiger partial charge in [0.25, 0.3) is 0 Å². The van der Waals surface area contributed by atoms with Crippen molar-refractivity contribution in [3.63, 3.8) is 0 Å². The van der Waals surface area contributed by atoms with Crippen LogP contribution < -0.4 is 4.74 Å². The van der Waals surface area contributed by atoms with Gasteiger partial charge in [-0.1, -0.05) is 35.3 Å². The Bertz CT molecular complexity index is 724. The summed E-state index contributed by atoms with van der Waals surface area (Å²) < 4.78 is 5.29. The molecule has 5 nitrogen and oxygen atoms in total. The molecule has 0 atom stereocenters. The van der Waals surface area contributed by atoms with Crippen LogP contribution >= 0.6 is 23.2 Å². The molecule has 0 aromatic heterocycles. The molecule has 0 heterocycles. The Morgan fingerprint density at radius 1 is 1.17 bits per heavy atom. The molecule has 0 unspecified atom stereocenters. The number of nitrogens with zero attached hydrogens (tertiary/aromatic N) is 2. The van der Waals surface area contributed by atoms with Crippen molar-refractivity contribution in [1.82, 2.24) is 0 Å². The van der Waals surface area contributed by atoms with Gasteiger partial charge in [-0.2, -0.15) is 5.10 Å². The Morgan fingerprint density at radius 3 is 2.61 bits per heavy atom. The van der Waals surface area contributed by atoms with Gasteiger partial charge in [0, 0.05) is 30.1 Å². The van der Waals surface area contributed by atoms with E-state index in [9.17, 15) is 10.2 Å². The molecule has 2 N–H and O–H groups in total. The van der Waals surface area contributed by atoms with E-state index < -0.39 is 0 Å². The minimum absolute atomic E-state index is 0. The van der Waals surface area contributed by atoms with Crippen molar-refractivity contribution >= 4 is 35.3 Å². The molecule has 2 aromatic rings. The number of hydrogen-bond donors (Lipinski definition) is 2. The Balaban J connectivity index is 0.00000264. The first-order valence-electron chi connectivity index (χ1n) is 6.21. The molecular formula is C15H12Cl2N2O3Zn. The van der Waals surface area contributed by atoms with E-state index in [1.165, 1.54) is 18.3 Å². The molecule has 2 aromatic carbocycles. The standard InChI is InChI=1S/C15H12Cl2N2O3.Zn/c16-11-5-6-14(12(17)7-11)22-9-15(21)19-18-8-10-3-1-2-4-13(10)20;/h1-8,20H,9H2,(H,19,21);/b18-8-;. The number of rotatable bonds is 5. The van der Waals surface area contributed by atoms with E-state index in [2.05, 4.69) is 10.2 Å². The van der Waals surface area contributed by atoms with E-state index in [4.69, 9.17) is 27.9 Å². The number of ether oxygens (including phenoxy) is 1. The van der Waals surface area contributed by atoms with Gasteiger partial charge >= 0.3 is 0 Å². The predicted molar refractivity (Wildman–Crippen MR) is 87.7 cm³/mol. The fourth-order valence-corrected chi connectivity index (χ4v) is 1.98. The molecule has 8 heteroatoms. The van der Waals surface area contributed by atoms with E-state index in [-0.39, 0.29) is 37.7 Å². The van der Waals surface area contributed by atoms with Gasteiger partial charge in [0.1, 0.15) is 11.5 Å². The Morgan fingerprint density at radius 2 is 1.91 bits per heavy atom. The summed E-state index contributed by atoms with van der Waals surface area (Å²) in [6.45, 7) is -0.195. The topological polar surface area (TPSA) is 74.4 Å². The van der Waals surface area contributed by atoms with E-state index in [1.54, 1.807) is 30.3 Å². The van der Waals surface area contributed by atoms with Crippen molar-refractivity contribution < 1.29 is 34.4 Å². The van der Waals surface area contributed by atoms with Crippen LogP contribution in [0.4, 0.5) is 0 Å². The number of phenolic OH excluding ortho intramolecular Hbond substituents is 1. The molecule has 0 aliphatic heterocycles. The van der Waals surface area contributed by atoms with Crippen LogP contribution in [0.5, 0.6) is 11.5 Å². The molecule has 0 bridgehead atoms. The Kier molecular flexibility index (Phi) is 8.03. The van der Waals surface area contributed by atoms with Gasteiger partial charge < -0.3 is 14.9 Å². The number of aliphatic hydroxyl groups excluding tert-OH is 1. The molecule has 0 saturated heterocycles. The SMILES string of the molecule is O/C(COc1ccc(Cl)cc1Cl)=N\N=C/c1ccccc1O.[Zn]. The van der Waals surface area contributed by atoms with E-state index >= 15 is 0 Å². The van der Waals surface area contributed by atoms with Crippen molar-refractivity contribution in [2.75, 3.05) is 6.61 Å². The first-order chi connectivity index (χ1) is 10.6. The summed E-state index contributed by atoms with van der Waals surface area (Å²) in [6, 6.07) is 11.4. The molecule has 0 amide bonds. The van der Waals surface area contributed by atoms with Crippen molar-refractivity contribution in [2.45, 2.75) is 0 Å². The number of para-hydroxylation sites is 1. The van der Waals surface area contributed by atoms with Crippen LogP contribution in [-0.2, 0) is 19.5 Å². The van der Waals surface area contributed by atoms with Crippen molar-refractivity contribution in [3.05, 3.63) is 58.1 Å². The summed E-state index contributed by atoms with van der Waals surface area (Å²) in [6.07, 6.45) is 1.32. The summed E-state index contributed by atoms with van der Waals surface area (Å²) >= 11 is 11.7. The molecule has 0 aliphatic rings. The van der Waals surface area contributed by atoms with Gasteiger partial charge in [-0.25, -0.2) is 0 Å². The second kappa shape index (κ2) is 9.51. The van der Waals surface area contributed by atoms with E-state index in [1.807, 2.05) is 0 Å². The van der Waals surface area contributed by atoms with E-state index in [0.29, 0.717) is 21.4 Å². The average Bonchev–Trinajstić information content (AvgIpc) is 2.48. The second-order valence-corrected chi connectivity index (χ2v) is 5.03. The summed E-state index contributed by atoms with van der Waals surface area (Å²) in [4.78, 5) is 0. The third kappa shape index (κ3) is 6.18. The normalized spacial score (nSPS) is 11.3. The molecule has 23 heavy (non-hydrogen) atoms. The van der Waals surface area contributed by atoms with Crippen molar-refractivity contribution in [1.29, 1.82) is 0 Å². The second-order valence-electron chi connectivity index (χ2n) is 4.18. The largest absolute Gasteiger partial charge is 0.507 e. The number of halogens is 2. The Hall–Kier alpha value is -1.62. The minimum atomic E-state index is -0.335. The van der Waals surface area contributed by atoms with Crippen molar-refractivity contribution in [2.24, 2.45) is 10.2 Å². The van der Waals surface area contributed by atoms with Crippen LogP contribution in [-0.4, -0.2) is 28.9 Å². The molecule has 0 aliphatic carbocycles. The summed E-state index contributed by atoms with van der Waals surface area (Å²) in [7, 11) is 0.